The molecule has 0 atom stereocenters. The highest BCUT2D eigenvalue weighted by atomic mass is 16.5. The van der Waals surface area contributed by atoms with Crippen molar-refractivity contribution in [2.24, 2.45) is 0 Å². The summed E-state index contributed by atoms with van der Waals surface area (Å²) >= 11 is 0. The first-order valence-electron chi connectivity index (χ1n) is 6.70. The molecule has 0 fully saturated rings. The maximum Gasteiger partial charge on any atom is 0.221 e. The molecular weight excluding hydrogens is 242 g/mol. The third-order valence-corrected chi connectivity index (χ3v) is 2.61. The van der Waals surface area contributed by atoms with Gasteiger partial charge in [-0.1, -0.05) is 13.0 Å². The Morgan fingerprint density at radius 1 is 1.32 bits per heavy atom. The second-order valence-corrected chi connectivity index (χ2v) is 4.18. The molecule has 0 heterocycles. The zero-order valence-corrected chi connectivity index (χ0v) is 11.7. The standard InChI is InChI=1S/C14H23N3O2/c1-3-9-17-13(18)8-10-16-11-6-5-7-12(14(11)15)19-4-2/h5-7,16H,3-4,8-10,15H2,1-2H3,(H,17,18). The number of anilines is 2. The number of carbonyl (C=O) groups excluding carboxylic acids is 1. The maximum atomic E-state index is 11.4. The van der Waals surface area contributed by atoms with E-state index in [1.807, 2.05) is 32.0 Å². The number of benzene rings is 1. The molecular formula is C14H23N3O2. The molecule has 5 heteroatoms. The molecule has 106 valence electrons. The second-order valence-electron chi connectivity index (χ2n) is 4.18. The summed E-state index contributed by atoms with van der Waals surface area (Å²) < 4.78 is 5.41. The Labute approximate surface area is 114 Å². The Hall–Kier alpha value is -1.91. The third-order valence-electron chi connectivity index (χ3n) is 2.61. The van der Waals surface area contributed by atoms with E-state index < -0.39 is 0 Å². The molecule has 0 saturated carbocycles. The number of carbonyl (C=O) groups is 1. The Kier molecular flexibility index (Phi) is 6.57. The molecule has 0 spiro atoms. The molecule has 0 saturated heterocycles. The molecule has 19 heavy (non-hydrogen) atoms. The van der Waals surface area contributed by atoms with Gasteiger partial charge in [-0.25, -0.2) is 0 Å². The zero-order chi connectivity index (χ0) is 14.1. The number of nitrogens with two attached hydrogens (primary N) is 1. The van der Waals surface area contributed by atoms with Gasteiger partial charge in [0, 0.05) is 19.5 Å². The molecule has 0 aliphatic heterocycles. The zero-order valence-electron chi connectivity index (χ0n) is 11.7. The summed E-state index contributed by atoms with van der Waals surface area (Å²) in [6.45, 7) is 5.79. The van der Waals surface area contributed by atoms with Crippen molar-refractivity contribution in [1.29, 1.82) is 0 Å². The molecule has 5 nitrogen and oxygen atoms in total. The van der Waals surface area contributed by atoms with Gasteiger partial charge in [0.15, 0.2) is 0 Å². The number of ether oxygens (including phenoxy) is 1. The molecule has 1 rings (SSSR count). The summed E-state index contributed by atoms with van der Waals surface area (Å²) in [5, 5.41) is 5.98. The van der Waals surface area contributed by atoms with Crippen molar-refractivity contribution in [1.82, 2.24) is 5.32 Å². The van der Waals surface area contributed by atoms with Gasteiger partial charge in [-0.2, -0.15) is 0 Å². The van der Waals surface area contributed by atoms with Gasteiger partial charge in [0.05, 0.1) is 18.0 Å². The van der Waals surface area contributed by atoms with Crippen molar-refractivity contribution >= 4 is 17.3 Å². The predicted molar refractivity (Wildman–Crippen MR) is 78.4 cm³/mol. The average molecular weight is 265 g/mol. The van der Waals surface area contributed by atoms with Crippen molar-refractivity contribution in [3.63, 3.8) is 0 Å². The molecule has 0 bridgehead atoms. The molecule has 0 aromatic heterocycles. The minimum absolute atomic E-state index is 0.0499. The normalized spacial score (nSPS) is 10.0. The van der Waals surface area contributed by atoms with Crippen LogP contribution in [0.5, 0.6) is 5.75 Å². The minimum atomic E-state index is 0.0499. The van der Waals surface area contributed by atoms with Gasteiger partial charge >= 0.3 is 0 Å². The summed E-state index contributed by atoms with van der Waals surface area (Å²) in [7, 11) is 0. The maximum absolute atomic E-state index is 11.4. The van der Waals surface area contributed by atoms with Crippen molar-refractivity contribution in [3.8, 4) is 5.75 Å². The van der Waals surface area contributed by atoms with E-state index in [-0.39, 0.29) is 5.91 Å². The highest BCUT2D eigenvalue weighted by Crippen LogP contribution is 2.29. The highest BCUT2D eigenvalue weighted by molar-refractivity contribution is 5.77. The fourth-order valence-electron chi connectivity index (χ4n) is 1.64. The Morgan fingerprint density at radius 2 is 2.11 bits per heavy atom. The van der Waals surface area contributed by atoms with Gasteiger partial charge in [-0.15, -0.1) is 0 Å². The lowest BCUT2D eigenvalue weighted by molar-refractivity contribution is -0.120. The predicted octanol–water partition coefficient (Wildman–Crippen LogP) is 2.00. The van der Waals surface area contributed by atoms with Gasteiger partial charge in [-0.3, -0.25) is 4.79 Å². The number of hydrogen-bond acceptors (Lipinski definition) is 4. The molecule has 1 aromatic carbocycles. The van der Waals surface area contributed by atoms with Crippen molar-refractivity contribution < 1.29 is 9.53 Å². The summed E-state index contributed by atoms with van der Waals surface area (Å²) in [5.74, 6) is 0.719. The Bertz CT molecular complexity index is 408. The lowest BCUT2D eigenvalue weighted by Crippen LogP contribution is -2.25. The summed E-state index contributed by atoms with van der Waals surface area (Å²) in [6.07, 6.45) is 1.38. The van der Waals surface area contributed by atoms with Crippen LogP contribution in [0.15, 0.2) is 18.2 Å². The van der Waals surface area contributed by atoms with Gasteiger partial charge in [0.25, 0.3) is 0 Å². The van der Waals surface area contributed by atoms with E-state index in [1.54, 1.807) is 0 Å². The highest BCUT2D eigenvalue weighted by Gasteiger charge is 2.06. The van der Waals surface area contributed by atoms with Gasteiger partial charge in [0.1, 0.15) is 5.75 Å². The molecule has 4 N–H and O–H groups in total. The van der Waals surface area contributed by atoms with Crippen molar-refractivity contribution in [2.75, 3.05) is 30.7 Å². The number of hydrogen-bond donors (Lipinski definition) is 3. The van der Waals surface area contributed by atoms with E-state index in [0.29, 0.717) is 31.0 Å². The number of para-hydroxylation sites is 1. The van der Waals surface area contributed by atoms with E-state index in [4.69, 9.17) is 10.5 Å². The van der Waals surface area contributed by atoms with Crippen LogP contribution in [-0.2, 0) is 4.79 Å². The molecule has 1 aromatic rings. The Balaban J connectivity index is 2.45. The molecule has 1 amide bonds. The van der Waals surface area contributed by atoms with Crippen LogP contribution in [-0.4, -0.2) is 25.6 Å². The first-order chi connectivity index (χ1) is 9.19. The summed E-state index contributed by atoms with van der Waals surface area (Å²) in [4.78, 5) is 11.4. The van der Waals surface area contributed by atoms with Crippen LogP contribution in [0.3, 0.4) is 0 Å². The van der Waals surface area contributed by atoms with Gasteiger partial charge in [-0.05, 0) is 25.5 Å². The van der Waals surface area contributed by atoms with Crippen LogP contribution >= 0.6 is 0 Å². The fraction of sp³-hybridized carbons (Fsp3) is 0.500. The van der Waals surface area contributed by atoms with Crippen LogP contribution in [0.4, 0.5) is 11.4 Å². The number of nitrogen functional groups attached to an aromatic ring is 1. The largest absolute Gasteiger partial charge is 0.492 e. The third kappa shape index (κ3) is 5.07. The lowest BCUT2D eigenvalue weighted by Gasteiger charge is -2.13. The van der Waals surface area contributed by atoms with E-state index in [0.717, 1.165) is 18.7 Å². The number of rotatable bonds is 8. The van der Waals surface area contributed by atoms with Crippen LogP contribution in [0.25, 0.3) is 0 Å². The smallest absolute Gasteiger partial charge is 0.221 e. The van der Waals surface area contributed by atoms with Crippen LogP contribution in [0.1, 0.15) is 26.7 Å². The molecule has 0 unspecified atom stereocenters. The summed E-state index contributed by atoms with van der Waals surface area (Å²) in [6, 6.07) is 5.58. The van der Waals surface area contributed by atoms with Crippen molar-refractivity contribution in [3.05, 3.63) is 18.2 Å². The van der Waals surface area contributed by atoms with Gasteiger partial charge < -0.3 is 21.1 Å². The topological polar surface area (TPSA) is 76.4 Å². The molecule has 0 radical (unpaired) electrons. The minimum Gasteiger partial charge on any atom is -0.492 e. The average Bonchev–Trinajstić information content (AvgIpc) is 2.41. The quantitative estimate of drug-likeness (QED) is 0.628. The Morgan fingerprint density at radius 3 is 2.79 bits per heavy atom. The van der Waals surface area contributed by atoms with Gasteiger partial charge in [0.2, 0.25) is 5.91 Å². The lowest BCUT2D eigenvalue weighted by atomic mass is 10.2. The fourth-order valence-corrected chi connectivity index (χ4v) is 1.64. The van der Waals surface area contributed by atoms with E-state index in [9.17, 15) is 4.79 Å². The first kappa shape index (κ1) is 15.1. The second kappa shape index (κ2) is 8.24. The SMILES string of the molecule is CCCNC(=O)CCNc1cccc(OCC)c1N. The molecule has 0 aliphatic carbocycles. The monoisotopic (exact) mass is 265 g/mol. The van der Waals surface area contributed by atoms with E-state index in [2.05, 4.69) is 10.6 Å². The summed E-state index contributed by atoms with van der Waals surface area (Å²) in [5.41, 5.74) is 7.36. The molecule has 0 aliphatic rings. The van der Waals surface area contributed by atoms with E-state index in [1.165, 1.54) is 0 Å². The van der Waals surface area contributed by atoms with E-state index >= 15 is 0 Å². The van der Waals surface area contributed by atoms with Crippen LogP contribution in [0, 0.1) is 0 Å². The van der Waals surface area contributed by atoms with Crippen molar-refractivity contribution in [2.45, 2.75) is 26.7 Å². The first-order valence-corrected chi connectivity index (χ1v) is 6.70. The van der Waals surface area contributed by atoms with Crippen LogP contribution in [0.2, 0.25) is 0 Å². The number of nitrogens with one attached hydrogen (secondary N) is 2. The number of amides is 1. The van der Waals surface area contributed by atoms with Crippen LogP contribution < -0.4 is 21.1 Å².